The Morgan fingerprint density at radius 1 is 0.818 bits per heavy atom. The minimum atomic E-state index is -0.205. The molecule has 2 aromatic carbocycles. The van der Waals surface area contributed by atoms with Gasteiger partial charge in [-0.15, -0.1) is 19.7 Å². The number of methoxy groups -OCH3 is 1. The van der Waals surface area contributed by atoms with Crippen molar-refractivity contribution < 1.29 is 24.3 Å². The second kappa shape index (κ2) is 24.6. The van der Waals surface area contributed by atoms with E-state index in [0.29, 0.717) is 18.6 Å². The molecular weight excluding hydrogens is 689 g/mol. The van der Waals surface area contributed by atoms with Gasteiger partial charge in [-0.1, -0.05) is 76.3 Å². The lowest BCUT2D eigenvalue weighted by Crippen LogP contribution is -2.44. The molecule has 0 radical (unpaired) electrons. The third-order valence-electron chi connectivity index (χ3n) is 10.7. The van der Waals surface area contributed by atoms with Crippen molar-refractivity contribution in [2.45, 2.75) is 92.1 Å². The van der Waals surface area contributed by atoms with Crippen LogP contribution < -0.4 is 10.1 Å². The zero-order valence-corrected chi connectivity index (χ0v) is 35.0. The molecule has 9 nitrogen and oxygen atoms in total. The number of hydroxylamine groups is 2. The Morgan fingerprint density at radius 2 is 1.33 bits per heavy atom. The largest absolute Gasteiger partial charge is 0.497 e. The predicted molar refractivity (Wildman–Crippen MR) is 227 cm³/mol. The lowest BCUT2D eigenvalue weighted by molar-refractivity contribution is -0.0596. The molecule has 3 fully saturated rings. The van der Waals surface area contributed by atoms with Gasteiger partial charge in [0, 0.05) is 51.9 Å². The maximum absolute atomic E-state index is 12.6. The predicted octanol–water partition coefficient (Wildman–Crippen LogP) is 9.79. The van der Waals surface area contributed by atoms with Crippen LogP contribution in [0.25, 0.3) is 0 Å². The summed E-state index contributed by atoms with van der Waals surface area (Å²) in [7, 11) is 3.24. The molecule has 2 amide bonds. The first kappa shape index (κ1) is 47.2. The molecule has 2 aromatic rings. The lowest BCUT2D eigenvalue weighted by atomic mass is 9.79. The highest BCUT2D eigenvalue weighted by Crippen LogP contribution is 2.35. The molecule has 3 atom stereocenters. The first-order valence-corrected chi connectivity index (χ1v) is 20.1. The van der Waals surface area contributed by atoms with Gasteiger partial charge in [-0.25, -0.2) is 4.79 Å². The van der Waals surface area contributed by atoms with Gasteiger partial charge in [-0.3, -0.25) is 4.79 Å². The van der Waals surface area contributed by atoms with E-state index in [2.05, 4.69) is 45.8 Å². The molecule has 3 aliphatic heterocycles. The second-order valence-electron chi connectivity index (χ2n) is 16.3. The number of rotatable bonds is 11. The molecular formula is C46H72N4O5. The average molecular weight is 761 g/mol. The molecule has 0 unspecified atom stereocenters. The molecule has 0 aromatic heterocycles. The quantitative estimate of drug-likeness (QED) is 0.174. The molecule has 0 spiro atoms. The van der Waals surface area contributed by atoms with Crippen molar-refractivity contribution in [2.75, 3.05) is 60.0 Å². The van der Waals surface area contributed by atoms with Crippen LogP contribution in [0.3, 0.4) is 0 Å². The zero-order chi connectivity index (χ0) is 40.7. The summed E-state index contributed by atoms with van der Waals surface area (Å²) in [6, 6.07) is 17.1. The highest BCUT2D eigenvalue weighted by Gasteiger charge is 2.33. The number of nitrogens with zero attached hydrogens (tertiary/aromatic N) is 3. The van der Waals surface area contributed by atoms with Crippen LogP contribution >= 0.6 is 0 Å². The summed E-state index contributed by atoms with van der Waals surface area (Å²) in [6.07, 6.45) is 15.9. The maximum Gasteiger partial charge on any atom is 0.410 e. The molecule has 9 heteroatoms. The van der Waals surface area contributed by atoms with E-state index in [1.165, 1.54) is 25.9 Å². The number of likely N-dealkylation sites (tertiary alicyclic amines) is 2. The van der Waals surface area contributed by atoms with E-state index < -0.39 is 0 Å². The van der Waals surface area contributed by atoms with Crippen LogP contribution in [0.4, 0.5) is 4.79 Å². The maximum atomic E-state index is 12.6. The normalized spacial score (nSPS) is 23.3. The van der Waals surface area contributed by atoms with Crippen molar-refractivity contribution in [3.8, 4) is 5.75 Å². The van der Waals surface area contributed by atoms with Crippen molar-refractivity contribution in [3.05, 3.63) is 104 Å². The fraction of sp³-hybridized carbons (Fsp3) is 0.565. The van der Waals surface area contributed by atoms with Crippen LogP contribution in [0.1, 0.15) is 101 Å². The topological polar surface area (TPSA) is 94.6 Å². The van der Waals surface area contributed by atoms with Gasteiger partial charge in [0.05, 0.1) is 7.11 Å². The summed E-state index contributed by atoms with van der Waals surface area (Å²) >= 11 is 0. The van der Waals surface area contributed by atoms with E-state index >= 15 is 0 Å². The third kappa shape index (κ3) is 17.6. The number of carbonyl (C=O) groups excluding carboxylic acids is 2. The summed E-state index contributed by atoms with van der Waals surface area (Å²) in [5.41, 5.74) is 2.56. The molecule has 3 aliphatic rings. The van der Waals surface area contributed by atoms with Gasteiger partial charge in [-0.05, 0) is 110 Å². The van der Waals surface area contributed by atoms with Crippen molar-refractivity contribution in [1.29, 1.82) is 0 Å². The number of benzene rings is 2. The van der Waals surface area contributed by atoms with Gasteiger partial charge in [0.15, 0.2) is 0 Å². The smallest absolute Gasteiger partial charge is 0.410 e. The molecule has 5 rings (SSSR count). The van der Waals surface area contributed by atoms with E-state index in [9.17, 15) is 9.59 Å². The van der Waals surface area contributed by atoms with Gasteiger partial charge < -0.3 is 29.8 Å². The molecule has 0 saturated carbocycles. The number of carbonyl (C=O) groups is 2. The van der Waals surface area contributed by atoms with E-state index in [1.54, 1.807) is 14.2 Å². The van der Waals surface area contributed by atoms with Crippen LogP contribution in [-0.4, -0.2) is 92.0 Å². The monoisotopic (exact) mass is 761 g/mol. The Bertz CT molecular complexity index is 1430. The zero-order valence-electron chi connectivity index (χ0n) is 35.0. The van der Waals surface area contributed by atoms with Crippen molar-refractivity contribution in [3.63, 3.8) is 0 Å². The molecule has 0 bridgehead atoms. The fourth-order valence-corrected chi connectivity index (χ4v) is 7.36. The second-order valence-corrected chi connectivity index (χ2v) is 16.3. The minimum absolute atomic E-state index is 0.114. The molecule has 0 aliphatic carbocycles. The van der Waals surface area contributed by atoms with Crippen LogP contribution in [0.15, 0.2) is 92.6 Å². The fourth-order valence-electron chi connectivity index (χ4n) is 7.36. The third-order valence-corrected chi connectivity index (χ3v) is 10.7. The summed E-state index contributed by atoms with van der Waals surface area (Å²) in [5, 5.41) is 12.7. The number of nitrogens with one attached hydrogen (secondary N) is 1. The van der Waals surface area contributed by atoms with Crippen molar-refractivity contribution in [1.82, 2.24) is 20.2 Å². The van der Waals surface area contributed by atoms with Gasteiger partial charge in [-0.2, -0.15) is 5.06 Å². The Hall–Kier alpha value is -3.92. The highest BCUT2D eigenvalue weighted by molar-refractivity contribution is 5.94. The summed E-state index contributed by atoms with van der Waals surface area (Å²) < 4.78 is 10.5. The van der Waals surface area contributed by atoms with Crippen LogP contribution in [-0.2, 0) is 11.3 Å². The first-order valence-electron chi connectivity index (χ1n) is 20.1. The first-order chi connectivity index (χ1) is 26.2. The van der Waals surface area contributed by atoms with Crippen molar-refractivity contribution >= 4 is 12.0 Å². The summed E-state index contributed by atoms with van der Waals surface area (Å²) in [4.78, 5) is 28.5. The van der Waals surface area contributed by atoms with E-state index in [-0.39, 0.29) is 22.8 Å². The Kier molecular flexibility index (Phi) is 21.1. The standard InChI is InChI=1S/2C17H23NO2.C9H17N.C3H9NO/c1-4-10-17(2)11-5-12-18(13-17)16(19)14-6-8-15(20-3)9-7-14;1-3-10-17(2)11-7-12-18(14-17)16(19)20-13-15-8-5-4-6-9-15;1-3-5-9(2)6-4-7-10-8-9;1-3-4(2)5/h4,6-9H,1,5,10-13H2,2-3H3;3-6,8-9H,1,7,10-14H2,2H3;3,10H,1,4-8H2,2H3;5H,3H2,1-2H3/t2*17-;9-;/m111./s1. The Morgan fingerprint density at radius 3 is 1.82 bits per heavy atom. The Balaban J connectivity index is 0.000000280. The number of ether oxygens (including phenoxy) is 2. The molecule has 3 heterocycles. The van der Waals surface area contributed by atoms with E-state index in [0.717, 1.165) is 93.1 Å². The summed E-state index contributed by atoms with van der Waals surface area (Å²) in [5.74, 6) is 0.888. The lowest BCUT2D eigenvalue weighted by Gasteiger charge is -2.40. The SMILES string of the molecule is C=CC[C@]1(C)CCCN(C(=O)OCc2ccccc2)C1.C=CC[C@]1(C)CCCN(C(=O)c2ccc(OC)cc2)C1.C=CC[C@]1(C)CCCNC1.CCN(C)O. The van der Waals surface area contributed by atoms with Crippen LogP contribution in [0.5, 0.6) is 5.75 Å². The van der Waals surface area contributed by atoms with Gasteiger partial charge in [0.2, 0.25) is 0 Å². The number of allylic oxidation sites excluding steroid dienone is 3. The van der Waals surface area contributed by atoms with Gasteiger partial charge in [0.25, 0.3) is 5.91 Å². The van der Waals surface area contributed by atoms with E-state index in [1.807, 2.05) is 89.5 Å². The van der Waals surface area contributed by atoms with E-state index in [4.69, 9.17) is 14.7 Å². The number of hydrogen-bond acceptors (Lipinski definition) is 7. The van der Waals surface area contributed by atoms with Crippen LogP contribution in [0.2, 0.25) is 0 Å². The molecule has 2 N–H and O–H groups in total. The molecule has 3 saturated heterocycles. The van der Waals surface area contributed by atoms with Crippen molar-refractivity contribution in [2.24, 2.45) is 16.2 Å². The van der Waals surface area contributed by atoms with Gasteiger partial charge in [0.1, 0.15) is 12.4 Å². The number of hydrogen-bond donors (Lipinski definition) is 2. The molecule has 55 heavy (non-hydrogen) atoms. The average Bonchev–Trinajstić information content (AvgIpc) is 3.18. The van der Waals surface area contributed by atoms with Gasteiger partial charge >= 0.3 is 6.09 Å². The summed E-state index contributed by atoms with van der Waals surface area (Å²) in [6.45, 7) is 26.7. The molecule has 306 valence electrons. The number of piperidine rings is 3. The number of amides is 2. The minimum Gasteiger partial charge on any atom is -0.497 e. The van der Waals surface area contributed by atoms with Crippen LogP contribution in [0, 0.1) is 16.2 Å². The Labute approximate surface area is 333 Å². The highest BCUT2D eigenvalue weighted by atomic mass is 16.6.